The minimum absolute atomic E-state index is 0.231. The molecular weight excluding hydrogens is 364 g/mol. The largest absolute Gasteiger partial charge is 0.325 e. The molecule has 3 amide bonds. The Morgan fingerprint density at radius 3 is 2.59 bits per heavy atom. The summed E-state index contributed by atoms with van der Waals surface area (Å²) in [7, 11) is 0. The third-order valence-electron chi connectivity index (χ3n) is 6.37. The second-order valence-electron chi connectivity index (χ2n) is 8.09. The molecule has 150 valence electrons. The molecule has 2 aromatic carbocycles. The summed E-state index contributed by atoms with van der Waals surface area (Å²) < 4.78 is 0. The van der Waals surface area contributed by atoms with Crippen molar-refractivity contribution in [3.63, 3.8) is 0 Å². The van der Waals surface area contributed by atoms with Crippen LogP contribution in [0.1, 0.15) is 66.1 Å². The maximum Gasteiger partial charge on any atom is 0.325 e. The molecule has 29 heavy (non-hydrogen) atoms. The van der Waals surface area contributed by atoms with Crippen LogP contribution in [0.2, 0.25) is 0 Å². The number of Topliss-reactive ketones (excluding diaryl/α,β-unsaturated/α-hetero) is 1. The zero-order chi connectivity index (χ0) is 20.6. The van der Waals surface area contributed by atoms with Crippen molar-refractivity contribution in [3.05, 3.63) is 70.8 Å². The van der Waals surface area contributed by atoms with Gasteiger partial charge in [0.2, 0.25) is 0 Å². The van der Waals surface area contributed by atoms with Crippen LogP contribution in [0.15, 0.2) is 48.5 Å². The Labute approximate surface area is 171 Å². The Bertz CT molecular complexity index is 966. The predicted octanol–water partition coefficient (Wildman–Crippen LogP) is 4.17. The summed E-state index contributed by atoms with van der Waals surface area (Å²) in [5, 5.41) is 2.90. The number of fused-ring (bicyclic) bond motifs is 2. The van der Waals surface area contributed by atoms with Gasteiger partial charge in [0.1, 0.15) is 5.54 Å². The summed E-state index contributed by atoms with van der Waals surface area (Å²) in [6.45, 7) is 4.03. The smallest absolute Gasteiger partial charge is 0.319 e. The van der Waals surface area contributed by atoms with Crippen molar-refractivity contribution in [2.75, 3.05) is 6.54 Å². The highest BCUT2D eigenvalue weighted by atomic mass is 16.2. The highest BCUT2D eigenvalue weighted by molar-refractivity contribution is 6.11. The van der Waals surface area contributed by atoms with E-state index in [0.717, 1.165) is 35.3 Å². The molecular formula is C24H26N2O3. The lowest BCUT2D eigenvalue weighted by Gasteiger charge is -2.33. The maximum absolute atomic E-state index is 13.3. The minimum atomic E-state index is -1.04. The normalized spacial score (nSPS) is 21.8. The zero-order valence-corrected chi connectivity index (χ0v) is 16.9. The first-order valence-corrected chi connectivity index (χ1v) is 10.3. The fourth-order valence-corrected chi connectivity index (χ4v) is 4.42. The van der Waals surface area contributed by atoms with Crippen LogP contribution < -0.4 is 5.32 Å². The Balaban J connectivity index is 1.56. The predicted molar refractivity (Wildman–Crippen MR) is 111 cm³/mol. The molecule has 1 heterocycles. The number of benzene rings is 2. The number of hydrogen-bond donors (Lipinski definition) is 1. The van der Waals surface area contributed by atoms with Gasteiger partial charge in [0.25, 0.3) is 5.91 Å². The van der Waals surface area contributed by atoms with Crippen LogP contribution in [0.25, 0.3) is 0 Å². The van der Waals surface area contributed by atoms with E-state index >= 15 is 0 Å². The fourth-order valence-electron chi connectivity index (χ4n) is 4.42. The molecule has 0 unspecified atom stereocenters. The van der Waals surface area contributed by atoms with E-state index < -0.39 is 11.6 Å². The van der Waals surface area contributed by atoms with Gasteiger partial charge >= 0.3 is 6.03 Å². The number of carbonyl (C=O) groups is 3. The standard InChI is InChI=1S/C24H26N2O3/c1-3-16(2)17-10-12-19(13-11-17)21(27)15-26-22(28)24(25-23(26)29)14-6-8-18-7-4-5-9-20(18)24/h4-5,7,9-13,16H,3,6,8,14-15H2,1-2H3,(H,25,29)/t16-,24+/m0/s1. The lowest BCUT2D eigenvalue weighted by Crippen LogP contribution is -2.46. The van der Waals surface area contributed by atoms with Gasteiger partial charge in [-0.05, 0) is 48.3 Å². The first kappa shape index (κ1) is 19.4. The van der Waals surface area contributed by atoms with E-state index in [0.29, 0.717) is 17.9 Å². The Kier molecular flexibility index (Phi) is 4.99. The minimum Gasteiger partial charge on any atom is -0.319 e. The SMILES string of the molecule is CC[C@H](C)c1ccc(C(=O)CN2C(=O)N[C@@]3(CCCc4ccccc43)C2=O)cc1. The Morgan fingerprint density at radius 1 is 1.14 bits per heavy atom. The molecule has 4 rings (SSSR count). The van der Waals surface area contributed by atoms with Crippen LogP contribution in [-0.4, -0.2) is 29.2 Å². The van der Waals surface area contributed by atoms with Gasteiger partial charge in [-0.25, -0.2) is 4.79 Å². The number of amides is 3. The van der Waals surface area contributed by atoms with Crippen molar-refractivity contribution in [1.82, 2.24) is 10.2 Å². The summed E-state index contributed by atoms with van der Waals surface area (Å²) in [6, 6.07) is 14.7. The van der Waals surface area contributed by atoms with Crippen LogP contribution >= 0.6 is 0 Å². The first-order chi connectivity index (χ1) is 14.0. The van der Waals surface area contributed by atoms with Gasteiger partial charge in [-0.3, -0.25) is 14.5 Å². The van der Waals surface area contributed by atoms with Crippen LogP contribution in [0.5, 0.6) is 0 Å². The molecule has 0 radical (unpaired) electrons. The second-order valence-corrected chi connectivity index (χ2v) is 8.09. The lowest BCUT2D eigenvalue weighted by atomic mass is 9.76. The van der Waals surface area contributed by atoms with Gasteiger partial charge in [0, 0.05) is 5.56 Å². The number of hydrogen-bond acceptors (Lipinski definition) is 3. The molecule has 1 saturated heterocycles. The first-order valence-electron chi connectivity index (χ1n) is 10.3. The average Bonchev–Trinajstić information content (AvgIpc) is 2.98. The third kappa shape index (κ3) is 3.24. The number of nitrogens with one attached hydrogen (secondary N) is 1. The molecule has 1 N–H and O–H groups in total. The number of aryl methyl sites for hydroxylation is 1. The molecule has 5 nitrogen and oxygen atoms in total. The van der Waals surface area contributed by atoms with Crippen LogP contribution in [0.4, 0.5) is 4.79 Å². The molecule has 1 aliphatic carbocycles. The summed E-state index contributed by atoms with van der Waals surface area (Å²) in [5.74, 6) is -0.124. The van der Waals surface area contributed by atoms with Gasteiger partial charge in [-0.2, -0.15) is 0 Å². The van der Waals surface area contributed by atoms with Crippen LogP contribution in [0, 0.1) is 0 Å². The fraction of sp³-hybridized carbons (Fsp3) is 0.375. The quantitative estimate of drug-likeness (QED) is 0.616. The highest BCUT2D eigenvalue weighted by Gasteiger charge is 2.54. The molecule has 0 bridgehead atoms. The molecule has 1 spiro atoms. The van der Waals surface area contributed by atoms with Crippen molar-refractivity contribution in [3.8, 4) is 0 Å². The monoisotopic (exact) mass is 390 g/mol. The Morgan fingerprint density at radius 2 is 1.86 bits per heavy atom. The topological polar surface area (TPSA) is 66.5 Å². The van der Waals surface area contributed by atoms with E-state index in [1.165, 1.54) is 5.56 Å². The van der Waals surface area contributed by atoms with Crippen molar-refractivity contribution in [1.29, 1.82) is 0 Å². The van der Waals surface area contributed by atoms with Crippen LogP contribution in [0.3, 0.4) is 0 Å². The number of rotatable bonds is 5. The van der Waals surface area contributed by atoms with Gasteiger partial charge < -0.3 is 5.32 Å². The van der Waals surface area contributed by atoms with E-state index in [1.54, 1.807) is 12.1 Å². The van der Waals surface area contributed by atoms with Gasteiger partial charge in [-0.1, -0.05) is 62.4 Å². The second kappa shape index (κ2) is 7.47. The van der Waals surface area contributed by atoms with E-state index in [1.807, 2.05) is 36.4 Å². The van der Waals surface area contributed by atoms with Gasteiger partial charge in [-0.15, -0.1) is 0 Å². The number of urea groups is 1. The van der Waals surface area contributed by atoms with Crippen molar-refractivity contribution in [2.45, 2.75) is 51.0 Å². The molecule has 1 aliphatic heterocycles. The van der Waals surface area contributed by atoms with E-state index in [2.05, 4.69) is 19.2 Å². The molecule has 0 aromatic heterocycles. The average molecular weight is 390 g/mol. The van der Waals surface area contributed by atoms with E-state index in [-0.39, 0.29) is 18.2 Å². The van der Waals surface area contributed by atoms with Crippen molar-refractivity contribution < 1.29 is 14.4 Å². The molecule has 2 aromatic rings. The number of nitrogens with zero attached hydrogens (tertiary/aromatic N) is 1. The summed E-state index contributed by atoms with van der Waals surface area (Å²) in [5.41, 5.74) is 2.60. The third-order valence-corrected chi connectivity index (χ3v) is 6.37. The van der Waals surface area contributed by atoms with E-state index in [9.17, 15) is 14.4 Å². The Hall–Kier alpha value is -2.95. The molecule has 2 atom stereocenters. The van der Waals surface area contributed by atoms with Gasteiger partial charge in [0.15, 0.2) is 5.78 Å². The van der Waals surface area contributed by atoms with Crippen molar-refractivity contribution >= 4 is 17.7 Å². The summed E-state index contributed by atoms with van der Waals surface area (Å²) in [6.07, 6.45) is 3.30. The number of imide groups is 1. The van der Waals surface area contributed by atoms with Crippen LogP contribution in [-0.2, 0) is 16.8 Å². The summed E-state index contributed by atoms with van der Waals surface area (Å²) >= 11 is 0. The molecule has 1 fully saturated rings. The summed E-state index contributed by atoms with van der Waals surface area (Å²) in [4.78, 5) is 39.8. The molecule has 5 heteroatoms. The molecule has 2 aliphatic rings. The zero-order valence-electron chi connectivity index (χ0n) is 16.9. The lowest BCUT2D eigenvalue weighted by molar-refractivity contribution is -0.131. The van der Waals surface area contributed by atoms with E-state index in [4.69, 9.17) is 0 Å². The number of ketones is 1. The van der Waals surface area contributed by atoms with Crippen molar-refractivity contribution in [2.24, 2.45) is 0 Å². The number of carbonyl (C=O) groups excluding carboxylic acids is 3. The molecule has 0 saturated carbocycles. The van der Waals surface area contributed by atoms with Gasteiger partial charge in [0.05, 0.1) is 6.54 Å². The maximum atomic E-state index is 13.3. The highest BCUT2D eigenvalue weighted by Crippen LogP contribution is 2.39.